The van der Waals surface area contributed by atoms with E-state index in [2.05, 4.69) is 26.6 Å². The van der Waals surface area contributed by atoms with Crippen molar-refractivity contribution < 1.29 is 56.2 Å². The maximum absolute atomic E-state index is 14.5. The number of aliphatic hydroxyl groups is 1. The SMILES string of the molecule is CC[C@H](NC(=O)[C@@H]1C[C@@H](F)CN1C(=O)[C@@](C)(O)C(F)(F)F)C(=O)N[C@H]1CCCCNC(=O)[C@@H](C)NC(=O)[C@H](Cc2cc(Cl)ccc2Cl)N(C)C(=O)[C@H](CC(C)C)NC1=O. The number of carbonyl (C=O) groups is 7. The lowest BCUT2D eigenvalue weighted by Crippen LogP contribution is -2.61. The molecule has 0 radical (unpaired) electrons. The van der Waals surface area contributed by atoms with Gasteiger partial charge in [0, 0.05) is 36.5 Å². The van der Waals surface area contributed by atoms with Crippen LogP contribution in [-0.4, -0.2) is 131 Å². The lowest BCUT2D eigenvalue weighted by atomic mass is 9.98. The molecule has 2 fully saturated rings. The Morgan fingerprint density at radius 2 is 1.69 bits per heavy atom. The zero-order valence-corrected chi connectivity index (χ0v) is 35.2. The molecule has 2 aliphatic heterocycles. The van der Waals surface area contributed by atoms with Crippen molar-refractivity contribution >= 4 is 64.6 Å². The van der Waals surface area contributed by atoms with Crippen LogP contribution in [0.1, 0.15) is 78.7 Å². The fourth-order valence-corrected chi connectivity index (χ4v) is 7.10. The van der Waals surface area contributed by atoms with Crippen molar-refractivity contribution in [3.05, 3.63) is 33.8 Å². The zero-order chi connectivity index (χ0) is 44.6. The first-order valence-corrected chi connectivity index (χ1v) is 20.1. The Balaban J connectivity index is 1.91. The van der Waals surface area contributed by atoms with E-state index in [9.17, 15) is 56.2 Å². The molecule has 2 aliphatic rings. The molecule has 6 N–H and O–H groups in total. The molecule has 0 aliphatic carbocycles. The average molecular weight is 883 g/mol. The lowest BCUT2D eigenvalue weighted by molar-refractivity contribution is -0.250. The number of rotatable bonds is 10. The number of alkyl halides is 4. The number of benzene rings is 1. The van der Waals surface area contributed by atoms with Gasteiger partial charge in [0.15, 0.2) is 0 Å². The van der Waals surface area contributed by atoms with Crippen LogP contribution in [0, 0.1) is 5.92 Å². The summed E-state index contributed by atoms with van der Waals surface area (Å²) in [5, 5.41) is 23.5. The number of halogens is 6. The van der Waals surface area contributed by atoms with Crippen LogP contribution in [0.15, 0.2) is 18.2 Å². The molecule has 2 heterocycles. The molecular formula is C38H53Cl2F4N7O8. The number of nitrogens with zero attached hydrogens (tertiary/aromatic N) is 2. The van der Waals surface area contributed by atoms with Crippen LogP contribution in [0.4, 0.5) is 17.6 Å². The monoisotopic (exact) mass is 881 g/mol. The number of hydrogen-bond acceptors (Lipinski definition) is 8. The van der Waals surface area contributed by atoms with Gasteiger partial charge in [-0.3, -0.25) is 33.6 Å². The van der Waals surface area contributed by atoms with E-state index < -0.39 is 109 Å². The maximum atomic E-state index is 14.5. The number of likely N-dealkylation sites (N-methyl/N-ethyl adjacent to an activating group) is 1. The summed E-state index contributed by atoms with van der Waals surface area (Å²) in [6, 6.07) is -3.40. The highest BCUT2D eigenvalue weighted by atomic mass is 35.5. The Morgan fingerprint density at radius 3 is 2.31 bits per heavy atom. The van der Waals surface area contributed by atoms with Gasteiger partial charge in [-0.1, -0.05) is 44.0 Å². The number of nitrogens with one attached hydrogen (secondary N) is 5. The van der Waals surface area contributed by atoms with Gasteiger partial charge in [-0.15, -0.1) is 0 Å². The van der Waals surface area contributed by atoms with Crippen LogP contribution in [0.3, 0.4) is 0 Å². The first-order chi connectivity index (χ1) is 27.4. The second kappa shape index (κ2) is 20.8. The first-order valence-electron chi connectivity index (χ1n) is 19.3. The second-order valence-corrected chi connectivity index (χ2v) is 16.4. The van der Waals surface area contributed by atoms with Crippen molar-refractivity contribution in [1.82, 2.24) is 36.4 Å². The van der Waals surface area contributed by atoms with Crippen LogP contribution >= 0.6 is 23.2 Å². The average Bonchev–Trinajstić information content (AvgIpc) is 3.55. The summed E-state index contributed by atoms with van der Waals surface area (Å²) in [5.41, 5.74) is -3.49. The Bertz CT molecular complexity index is 1740. The molecular weight excluding hydrogens is 829 g/mol. The predicted octanol–water partition coefficient (Wildman–Crippen LogP) is 2.33. The highest BCUT2D eigenvalue weighted by Crippen LogP contribution is 2.34. The van der Waals surface area contributed by atoms with E-state index in [0.29, 0.717) is 17.0 Å². The summed E-state index contributed by atoms with van der Waals surface area (Å²) >= 11 is 12.6. The number of amides is 7. The van der Waals surface area contributed by atoms with Crippen LogP contribution in [0.5, 0.6) is 0 Å². The summed E-state index contributed by atoms with van der Waals surface area (Å²) in [6.07, 6.45) is -7.62. The molecule has 15 nitrogen and oxygen atoms in total. The highest BCUT2D eigenvalue weighted by Gasteiger charge is 2.59. The molecule has 3 rings (SSSR count). The molecule has 0 aromatic heterocycles. The third-order valence-corrected chi connectivity index (χ3v) is 10.9. The van der Waals surface area contributed by atoms with Crippen molar-refractivity contribution in [3.63, 3.8) is 0 Å². The van der Waals surface area contributed by atoms with E-state index in [4.69, 9.17) is 23.2 Å². The quantitative estimate of drug-likeness (QED) is 0.192. The number of carbonyl (C=O) groups excluding carboxylic acids is 7. The summed E-state index contributed by atoms with van der Waals surface area (Å²) in [6.45, 7) is 5.97. The van der Waals surface area contributed by atoms with Gasteiger partial charge < -0.3 is 41.5 Å². The molecule has 0 unspecified atom stereocenters. The lowest BCUT2D eigenvalue weighted by Gasteiger charge is -2.33. The van der Waals surface area contributed by atoms with Crippen molar-refractivity contribution in [2.75, 3.05) is 20.1 Å². The maximum Gasteiger partial charge on any atom is 0.426 e. The van der Waals surface area contributed by atoms with Gasteiger partial charge in [0.2, 0.25) is 41.0 Å². The molecule has 0 saturated carbocycles. The van der Waals surface area contributed by atoms with Gasteiger partial charge in [0.05, 0.1) is 6.54 Å². The smallest absolute Gasteiger partial charge is 0.373 e. The van der Waals surface area contributed by atoms with Gasteiger partial charge in [-0.25, -0.2) is 4.39 Å². The van der Waals surface area contributed by atoms with E-state index in [1.165, 1.54) is 33.0 Å². The van der Waals surface area contributed by atoms with Crippen LogP contribution in [0.2, 0.25) is 10.0 Å². The van der Waals surface area contributed by atoms with Crippen LogP contribution in [-0.2, 0) is 40.0 Å². The molecule has 21 heteroatoms. The normalized spacial score (nSPS) is 25.7. The molecule has 2 saturated heterocycles. The van der Waals surface area contributed by atoms with Gasteiger partial charge >= 0.3 is 6.18 Å². The van der Waals surface area contributed by atoms with Crippen LogP contribution < -0.4 is 26.6 Å². The van der Waals surface area contributed by atoms with Gasteiger partial charge in [-0.05, 0) is 75.6 Å². The summed E-state index contributed by atoms with van der Waals surface area (Å²) < 4.78 is 54.9. The van der Waals surface area contributed by atoms with E-state index >= 15 is 0 Å². The molecule has 59 heavy (non-hydrogen) atoms. The van der Waals surface area contributed by atoms with E-state index in [-0.39, 0.29) is 61.4 Å². The minimum Gasteiger partial charge on any atom is -0.373 e. The summed E-state index contributed by atoms with van der Waals surface area (Å²) in [7, 11) is 1.36. The Kier molecular flexibility index (Phi) is 17.4. The fraction of sp³-hybridized carbons (Fsp3) is 0.658. The Morgan fingerprint density at radius 1 is 1.03 bits per heavy atom. The molecule has 1 aromatic rings. The fourth-order valence-electron chi connectivity index (χ4n) is 6.71. The van der Waals surface area contributed by atoms with E-state index in [1.54, 1.807) is 19.9 Å². The minimum atomic E-state index is -5.43. The van der Waals surface area contributed by atoms with Crippen LogP contribution in [0.25, 0.3) is 0 Å². The van der Waals surface area contributed by atoms with E-state index in [1.807, 2.05) is 0 Å². The molecule has 8 atom stereocenters. The third kappa shape index (κ3) is 12.9. The Labute approximate surface area is 350 Å². The molecule has 1 aromatic carbocycles. The third-order valence-electron chi connectivity index (χ3n) is 10.3. The second-order valence-electron chi connectivity index (χ2n) is 15.5. The van der Waals surface area contributed by atoms with Gasteiger partial charge in [0.25, 0.3) is 5.91 Å². The zero-order valence-electron chi connectivity index (χ0n) is 33.7. The van der Waals surface area contributed by atoms with Crippen molar-refractivity contribution in [2.45, 2.75) is 134 Å². The number of likely N-dealkylation sites (tertiary alicyclic amines) is 1. The molecule has 7 amide bonds. The first kappa shape index (κ1) is 49.1. The predicted molar refractivity (Wildman–Crippen MR) is 208 cm³/mol. The van der Waals surface area contributed by atoms with Crippen molar-refractivity contribution in [2.24, 2.45) is 5.92 Å². The molecule has 330 valence electrons. The van der Waals surface area contributed by atoms with E-state index in [0.717, 1.165) is 4.90 Å². The summed E-state index contributed by atoms with van der Waals surface area (Å²) in [4.78, 5) is 96.1. The Hall–Kier alpha value is -4.23. The van der Waals surface area contributed by atoms with Crippen molar-refractivity contribution in [3.8, 4) is 0 Å². The number of hydrogen-bond donors (Lipinski definition) is 6. The van der Waals surface area contributed by atoms with Gasteiger partial charge in [-0.2, -0.15) is 13.2 Å². The highest BCUT2D eigenvalue weighted by molar-refractivity contribution is 6.33. The minimum absolute atomic E-state index is 0.0145. The molecule has 0 bridgehead atoms. The standard InChI is InChI=1S/C38H53Cl2F4N7O8/c1-7-25(47-34(56)29-17-23(41)18-51(29)36(58)37(5,59)38(42,43)44)31(53)48-26-10-8-9-13-45-30(52)20(4)46-33(55)28(16-21-15-22(39)11-12-24(21)40)50(6)35(57)27(14-19(2)3)49-32(26)54/h11-12,15,19-20,23,25-29,59H,7-10,13-14,16-18H2,1-6H3,(H,45,52)(H,46,55)(H,47,56)(H,48,53)(H,49,54)/t20-,23-,25+,26+,27+,28+,29+,37-/m1/s1. The molecule has 0 spiro atoms. The topological polar surface area (TPSA) is 206 Å². The van der Waals surface area contributed by atoms with Crippen molar-refractivity contribution in [1.29, 1.82) is 0 Å². The van der Waals surface area contributed by atoms with Gasteiger partial charge in [0.1, 0.15) is 42.4 Å². The largest absolute Gasteiger partial charge is 0.426 e. The summed E-state index contributed by atoms with van der Waals surface area (Å²) in [5.74, 6) is -6.85.